The molecule has 0 bridgehead atoms. The molecule has 1 aliphatic rings. The van der Waals surface area contributed by atoms with E-state index in [4.69, 9.17) is 21.1 Å². The smallest absolute Gasteiger partial charge is 0.240 e. The SMILES string of the molecule is CC(C)CC(CCl)NS(=O)(=O)c1ccc2c(c1)OCCO2. The van der Waals surface area contributed by atoms with Gasteiger partial charge in [-0.3, -0.25) is 0 Å². The highest BCUT2D eigenvalue weighted by Crippen LogP contribution is 2.32. The minimum Gasteiger partial charge on any atom is -0.486 e. The molecule has 1 aliphatic heterocycles. The number of ether oxygens (including phenoxy) is 2. The van der Waals surface area contributed by atoms with Gasteiger partial charge in [0.05, 0.1) is 4.90 Å². The van der Waals surface area contributed by atoms with Crippen LogP contribution in [0.1, 0.15) is 20.3 Å². The second-order valence-electron chi connectivity index (χ2n) is 5.41. The highest BCUT2D eigenvalue weighted by molar-refractivity contribution is 7.89. The first-order valence-corrected chi connectivity index (χ1v) is 8.92. The van der Waals surface area contributed by atoms with Crippen molar-refractivity contribution in [1.29, 1.82) is 0 Å². The van der Waals surface area contributed by atoms with E-state index in [0.29, 0.717) is 37.1 Å². The van der Waals surface area contributed by atoms with Crippen molar-refractivity contribution in [3.63, 3.8) is 0 Å². The van der Waals surface area contributed by atoms with Crippen LogP contribution in [-0.2, 0) is 10.0 Å². The van der Waals surface area contributed by atoms with Crippen LogP contribution in [0, 0.1) is 5.92 Å². The summed E-state index contributed by atoms with van der Waals surface area (Å²) in [6.45, 7) is 4.94. The van der Waals surface area contributed by atoms with Gasteiger partial charge in [0.25, 0.3) is 0 Å². The number of fused-ring (bicyclic) bond motifs is 1. The van der Waals surface area contributed by atoms with E-state index in [2.05, 4.69) is 4.72 Å². The Morgan fingerprint density at radius 2 is 1.90 bits per heavy atom. The molecule has 21 heavy (non-hydrogen) atoms. The fourth-order valence-corrected chi connectivity index (χ4v) is 3.75. The highest BCUT2D eigenvalue weighted by atomic mass is 35.5. The first-order chi connectivity index (χ1) is 9.92. The molecule has 1 heterocycles. The van der Waals surface area contributed by atoms with Crippen LogP contribution in [0.3, 0.4) is 0 Å². The molecule has 0 aromatic heterocycles. The maximum absolute atomic E-state index is 12.4. The predicted molar refractivity (Wildman–Crippen MR) is 81.7 cm³/mol. The molecule has 2 rings (SSSR count). The van der Waals surface area contributed by atoms with Crippen LogP contribution in [0.25, 0.3) is 0 Å². The first kappa shape index (κ1) is 16.4. The lowest BCUT2D eigenvalue weighted by Gasteiger charge is -2.21. The molecule has 7 heteroatoms. The van der Waals surface area contributed by atoms with E-state index in [-0.39, 0.29) is 16.8 Å². The minimum absolute atomic E-state index is 0.158. The summed E-state index contributed by atoms with van der Waals surface area (Å²) < 4.78 is 38.2. The minimum atomic E-state index is -3.62. The fourth-order valence-electron chi connectivity index (χ4n) is 2.19. The van der Waals surface area contributed by atoms with Crippen LogP contribution in [0.4, 0.5) is 0 Å². The van der Waals surface area contributed by atoms with E-state index in [9.17, 15) is 8.42 Å². The molecule has 1 aromatic carbocycles. The van der Waals surface area contributed by atoms with Crippen molar-refractivity contribution in [2.45, 2.75) is 31.2 Å². The summed E-state index contributed by atoms with van der Waals surface area (Å²) in [5.41, 5.74) is 0. The molecular weight excluding hydrogens is 314 g/mol. The number of halogens is 1. The zero-order valence-corrected chi connectivity index (χ0v) is 13.7. The van der Waals surface area contributed by atoms with Gasteiger partial charge in [-0.05, 0) is 24.5 Å². The first-order valence-electron chi connectivity index (χ1n) is 6.90. The monoisotopic (exact) mass is 333 g/mol. The lowest BCUT2D eigenvalue weighted by Crippen LogP contribution is -2.37. The third-order valence-corrected chi connectivity index (χ3v) is 4.98. The lowest BCUT2D eigenvalue weighted by atomic mass is 10.1. The Hall–Kier alpha value is -0.980. The van der Waals surface area contributed by atoms with Gasteiger partial charge in [0.15, 0.2) is 11.5 Å². The van der Waals surface area contributed by atoms with Gasteiger partial charge in [-0.15, -0.1) is 11.6 Å². The Morgan fingerprint density at radius 1 is 1.24 bits per heavy atom. The van der Waals surface area contributed by atoms with Crippen LogP contribution >= 0.6 is 11.6 Å². The van der Waals surface area contributed by atoms with Crippen molar-refractivity contribution in [2.75, 3.05) is 19.1 Å². The second-order valence-corrected chi connectivity index (χ2v) is 7.43. The van der Waals surface area contributed by atoms with Gasteiger partial charge in [0.2, 0.25) is 10.0 Å². The van der Waals surface area contributed by atoms with Crippen molar-refractivity contribution in [2.24, 2.45) is 5.92 Å². The van der Waals surface area contributed by atoms with Crippen molar-refractivity contribution >= 4 is 21.6 Å². The van der Waals surface area contributed by atoms with Crippen LogP contribution in [0.2, 0.25) is 0 Å². The zero-order chi connectivity index (χ0) is 15.5. The zero-order valence-electron chi connectivity index (χ0n) is 12.1. The molecule has 5 nitrogen and oxygen atoms in total. The van der Waals surface area contributed by atoms with Crippen LogP contribution < -0.4 is 14.2 Å². The Morgan fingerprint density at radius 3 is 2.52 bits per heavy atom. The molecule has 0 saturated heterocycles. The fraction of sp³-hybridized carbons (Fsp3) is 0.571. The van der Waals surface area contributed by atoms with Crippen molar-refractivity contribution in [3.05, 3.63) is 18.2 Å². The van der Waals surface area contributed by atoms with Gasteiger partial charge in [0, 0.05) is 18.0 Å². The molecule has 0 amide bonds. The quantitative estimate of drug-likeness (QED) is 0.812. The maximum Gasteiger partial charge on any atom is 0.240 e. The summed E-state index contributed by atoms with van der Waals surface area (Å²) in [4.78, 5) is 0.158. The van der Waals surface area contributed by atoms with Crippen LogP contribution in [0.15, 0.2) is 23.1 Å². The van der Waals surface area contributed by atoms with E-state index in [1.54, 1.807) is 6.07 Å². The van der Waals surface area contributed by atoms with E-state index in [0.717, 1.165) is 0 Å². The van der Waals surface area contributed by atoms with Crippen LogP contribution in [0.5, 0.6) is 11.5 Å². The standard InChI is InChI=1S/C14H20ClNO4S/c1-10(2)7-11(9-15)16-21(17,18)12-3-4-13-14(8-12)20-6-5-19-13/h3-4,8,10-11,16H,5-7,9H2,1-2H3. The molecule has 1 atom stereocenters. The van der Waals surface area contributed by atoms with Crippen molar-refractivity contribution < 1.29 is 17.9 Å². The number of nitrogens with one attached hydrogen (secondary N) is 1. The predicted octanol–water partition coefficient (Wildman–Crippen LogP) is 2.39. The molecular formula is C14H20ClNO4S. The van der Waals surface area contributed by atoms with Crippen molar-refractivity contribution in [3.8, 4) is 11.5 Å². The van der Waals surface area contributed by atoms with Gasteiger partial charge in [0.1, 0.15) is 13.2 Å². The normalized spacial score (nSPS) is 16.0. The average Bonchev–Trinajstić information content (AvgIpc) is 2.45. The topological polar surface area (TPSA) is 64.6 Å². The van der Waals surface area contributed by atoms with Gasteiger partial charge in [-0.2, -0.15) is 0 Å². The molecule has 118 valence electrons. The summed E-state index contributed by atoms with van der Waals surface area (Å²) in [7, 11) is -3.62. The summed E-state index contributed by atoms with van der Waals surface area (Å²) in [5.74, 6) is 1.62. The third-order valence-electron chi connectivity index (χ3n) is 3.09. The Labute approximate surface area is 130 Å². The van der Waals surface area contributed by atoms with Gasteiger partial charge in [-0.1, -0.05) is 13.8 Å². The molecule has 0 aliphatic carbocycles. The van der Waals surface area contributed by atoms with Gasteiger partial charge < -0.3 is 9.47 Å². The molecule has 1 unspecified atom stereocenters. The summed E-state index contributed by atoms with van der Waals surface area (Å²) in [5, 5.41) is 0. The van der Waals surface area contributed by atoms with E-state index < -0.39 is 10.0 Å². The lowest BCUT2D eigenvalue weighted by molar-refractivity contribution is 0.171. The van der Waals surface area contributed by atoms with E-state index in [1.807, 2.05) is 13.8 Å². The molecule has 1 N–H and O–H groups in total. The summed E-state index contributed by atoms with van der Waals surface area (Å²) in [6.07, 6.45) is 0.688. The molecule has 0 spiro atoms. The summed E-state index contributed by atoms with van der Waals surface area (Å²) >= 11 is 5.85. The number of sulfonamides is 1. The van der Waals surface area contributed by atoms with Crippen LogP contribution in [-0.4, -0.2) is 33.6 Å². The number of benzene rings is 1. The number of rotatable bonds is 6. The number of alkyl halides is 1. The van der Waals surface area contributed by atoms with E-state index in [1.165, 1.54) is 12.1 Å². The maximum atomic E-state index is 12.4. The second kappa shape index (κ2) is 6.85. The molecule has 0 saturated carbocycles. The third kappa shape index (κ3) is 4.25. The molecule has 0 radical (unpaired) electrons. The van der Waals surface area contributed by atoms with Gasteiger partial charge >= 0.3 is 0 Å². The molecule has 1 aromatic rings. The van der Waals surface area contributed by atoms with Gasteiger partial charge in [-0.25, -0.2) is 13.1 Å². The largest absolute Gasteiger partial charge is 0.486 e. The Bertz CT molecular complexity index is 589. The highest BCUT2D eigenvalue weighted by Gasteiger charge is 2.23. The Balaban J connectivity index is 2.19. The molecule has 0 fully saturated rings. The van der Waals surface area contributed by atoms with E-state index >= 15 is 0 Å². The number of hydrogen-bond donors (Lipinski definition) is 1. The average molecular weight is 334 g/mol. The Kier molecular flexibility index (Phi) is 5.35. The van der Waals surface area contributed by atoms with Crippen molar-refractivity contribution in [1.82, 2.24) is 4.72 Å². The summed E-state index contributed by atoms with van der Waals surface area (Å²) in [6, 6.07) is 4.32. The number of hydrogen-bond acceptors (Lipinski definition) is 4.